The Bertz CT molecular complexity index is 555. The van der Waals surface area contributed by atoms with Crippen LogP contribution in [0.15, 0.2) is 35.7 Å². The predicted molar refractivity (Wildman–Crippen MR) is 65.2 cm³/mol. The third kappa shape index (κ3) is 2.65. The smallest absolute Gasteiger partial charge is 0.387 e. The number of nitrogen functional groups attached to an aromatic ring is 1. The summed E-state index contributed by atoms with van der Waals surface area (Å²) in [4.78, 5) is 12.5. The second kappa shape index (κ2) is 5.14. The highest BCUT2D eigenvalue weighted by Gasteiger charge is 2.18. The van der Waals surface area contributed by atoms with Crippen molar-refractivity contribution in [2.24, 2.45) is 0 Å². The first-order valence-electron chi connectivity index (χ1n) is 5.00. The van der Waals surface area contributed by atoms with Gasteiger partial charge in [-0.1, -0.05) is 6.07 Å². The molecule has 2 N–H and O–H groups in total. The summed E-state index contributed by atoms with van der Waals surface area (Å²) in [6.07, 6.45) is 0. The van der Waals surface area contributed by atoms with Crippen LogP contribution in [0.25, 0.3) is 0 Å². The fraction of sp³-hybridized carbons (Fsp3) is 0.0833. The van der Waals surface area contributed by atoms with E-state index in [1.165, 1.54) is 29.5 Å². The van der Waals surface area contributed by atoms with E-state index in [2.05, 4.69) is 4.74 Å². The molecule has 3 nitrogen and oxygen atoms in total. The van der Waals surface area contributed by atoms with Crippen molar-refractivity contribution in [1.29, 1.82) is 0 Å². The minimum atomic E-state index is -2.98. The van der Waals surface area contributed by atoms with Crippen LogP contribution < -0.4 is 10.5 Å². The molecule has 0 saturated heterocycles. The van der Waals surface area contributed by atoms with Gasteiger partial charge in [0.05, 0.1) is 10.4 Å². The summed E-state index contributed by atoms with van der Waals surface area (Å²) in [7, 11) is 0. The summed E-state index contributed by atoms with van der Waals surface area (Å²) in [5.74, 6) is -0.550. The van der Waals surface area contributed by atoms with Crippen LogP contribution in [-0.4, -0.2) is 12.4 Å². The number of ether oxygens (including phenoxy) is 1. The topological polar surface area (TPSA) is 52.3 Å². The number of nitrogens with two attached hydrogens (primary N) is 1. The van der Waals surface area contributed by atoms with Crippen molar-refractivity contribution < 1.29 is 18.3 Å². The van der Waals surface area contributed by atoms with E-state index in [1.807, 2.05) is 0 Å². The number of hydrogen-bond acceptors (Lipinski definition) is 4. The zero-order valence-corrected chi connectivity index (χ0v) is 9.92. The molecule has 0 radical (unpaired) electrons. The molecule has 1 aromatic heterocycles. The van der Waals surface area contributed by atoms with Crippen LogP contribution in [0.1, 0.15) is 15.2 Å². The van der Waals surface area contributed by atoms with Crippen LogP contribution in [0.5, 0.6) is 5.75 Å². The molecule has 0 saturated carbocycles. The Morgan fingerprint density at radius 3 is 2.72 bits per heavy atom. The highest BCUT2D eigenvalue weighted by Crippen LogP contribution is 2.27. The fourth-order valence-corrected chi connectivity index (χ4v) is 2.14. The predicted octanol–water partition coefficient (Wildman–Crippen LogP) is 3.16. The molecule has 0 atom stereocenters. The van der Waals surface area contributed by atoms with Gasteiger partial charge in [0.25, 0.3) is 0 Å². The number of thiophene rings is 1. The van der Waals surface area contributed by atoms with Crippen LogP contribution in [0.3, 0.4) is 0 Å². The van der Waals surface area contributed by atoms with Crippen molar-refractivity contribution in [3.8, 4) is 5.75 Å². The number of hydrogen-bond donors (Lipinski definition) is 1. The van der Waals surface area contributed by atoms with Gasteiger partial charge in [-0.05, 0) is 29.6 Å². The first-order valence-corrected chi connectivity index (χ1v) is 5.88. The number of rotatable bonds is 4. The maximum absolute atomic E-state index is 12.2. The van der Waals surface area contributed by atoms with Gasteiger partial charge >= 0.3 is 6.61 Å². The fourth-order valence-electron chi connectivity index (χ4n) is 1.46. The quantitative estimate of drug-likeness (QED) is 0.685. The van der Waals surface area contributed by atoms with E-state index in [-0.39, 0.29) is 17.1 Å². The molecule has 1 aromatic carbocycles. The summed E-state index contributed by atoms with van der Waals surface area (Å²) < 4.78 is 28.8. The van der Waals surface area contributed by atoms with E-state index in [9.17, 15) is 13.6 Å². The Hall–Kier alpha value is -1.95. The molecule has 2 aromatic rings. The molecule has 0 aliphatic carbocycles. The van der Waals surface area contributed by atoms with Gasteiger partial charge in [0.1, 0.15) is 5.75 Å². The average molecular weight is 269 g/mol. The van der Waals surface area contributed by atoms with E-state index in [0.29, 0.717) is 10.6 Å². The lowest BCUT2D eigenvalue weighted by molar-refractivity contribution is -0.0501. The van der Waals surface area contributed by atoms with E-state index < -0.39 is 6.61 Å². The van der Waals surface area contributed by atoms with E-state index >= 15 is 0 Å². The molecule has 0 spiro atoms. The maximum Gasteiger partial charge on any atom is 0.387 e. The van der Waals surface area contributed by atoms with Gasteiger partial charge in [0.2, 0.25) is 5.78 Å². The van der Waals surface area contributed by atoms with Gasteiger partial charge in [0, 0.05) is 5.69 Å². The van der Waals surface area contributed by atoms with Crippen LogP contribution in [0.4, 0.5) is 14.5 Å². The summed E-state index contributed by atoms with van der Waals surface area (Å²) in [5.41, 5.74) is 5.91. The molecule has 18 heavy (non-hydrogen) atoms. The third-order valence-electron chi connectivity index (χ3n) is 2.21. The Labute approximate surface area is 106 Å². The second-order valence-corrected chi connectivity index (χ2v) is 4.39. The summed E-state index contributed by atoms with van der Waals surface area (Å²) in [6.45, 7) is -2.98. The monoisotopic (exact) mass is 269 g/mol. The van der Waals surface area contributed by atoms with Crippen molar-refractivity contribution in [3.05, 3.63) is 46.2 Å². The van der Waals surface area contributed by atoms with Crippen molar-refractivity contribution in [3.63, 3.8) is 0 Å². The van der Waals surface area contributed by atoms with E-state index in [1.54, 1.807) is 17.5 Å². The molecule has 6 heteroatoms. The van der Waals surface area contributed by atoms with Crippen LogP contribution in [-0.2, 0) is 0 Å². The molecular weight excluding hydrogens is 260 g/mol. The molecule has 0 aliphatic rings. The molecule has 2 rings (SSSR count). The Kier molecular flexibility index (Phi) is 3.57. The van der Waals surface area contributed by atoms with Crippen molar-refractivity contribution in [2.45, 2.75) is 6.61 Å². The number of anilines is 1. The highest BCUT2D eigenvalue weighted by molar-refractivity contribution is 7.12. The van der Waals surface area contributed by atoms with Gasteiger partial charge < -0.3 is 10.5 Å². The highest BCUT2D eigenvalue weighted by atomic mass is 32.1. The van der Waals surface area contributed by atoms with Gasteiger partial charge in [0.15, 0.2) is 0 Å². The minimum absolute atomic E-state index is 0.0396. The number of halogens is 2. The first-order chi connectivity index (χ1) is 8.58. The molecule has 0 amide bonds. The van der Waals surface area contributed by atoms with Crippen LogP contribution in [0.2, 0.25) is 0 Å². The second-order valence-electron chi connectivity index (χ2n) is 3.44. The third-order valence-corrected chi connectivity index (χ3v) is 3.08. The van der Waals surface area contributed by atoms with Gasteiger partial charge in [-0.2, -0.15) is 8.78 Å². The largest absolute Gasteiger partial charge is 0.434 e. The lowest BCUT2D eigenvalue weighted by atomic mass is 10.1. The number of benzene rings is 1. The summed E-state index contributed by atoms with van der Waals surface area (Å²) in [5, 5.41) is 1.73. The number of carbonyl (C=O) groups excluding carboxylic acids is 1. The summed E-state index contributed by atoms with van der Waals surface area (Å²) in [6, 6.07) is 7.32. The summed E-state index contributed by atoms with van der Waals surface area (Å²) >= 11 is 1.23. The molecule has 0 bridgehead atoms. The maximum atomic E-state index is 12.2. The van der Waals surface area contributed by atoms with E-state index in [4.69, 9.17) is 5.73 Å². The normalized spacial score (nSPS) is 10.6. The molecule has 0 aliphatic heterocycles. The van der Waals surface area contributed by atoms with Gasteiger partial charge in [-0.15, -0.1) is 11.3 Å². The number of alkyl halides is 2. The lowest BCUT2D eigenvalue weighted by Crippen LogP contribution is -2.08. The van der Waals surface area contributed by atoms with Gasteiger partial charge in [-0.3, -0.25) is 4.79 Å². The molecule has 0 fully saturated rings. The van der Waals surface area contributed by atoms with Crippen molar-refractivity contribution in [1.82, 2.24) is 0 Å². The van der Waals surface area contributed by atoms with Crippen molar-refractivity contribution in [2.75, 3.05) is 5.73 Å². The molecule has 1 heterocycles. The zero-order chi connectivity index (χ0) is 13.1. The SMILES string of the molecule is Nc1ccc(OC(F)F)c(C(=O)c2cccs2)c1. The van der Waals surface area contributed by atoms with Gasteiger partial charge in [-0.25, -0.2) is 0 Å². The van der Waals surface area contributed by atoms with Crippen LogP contribution >= 0.6 is 11.3 Å². The van der Waals surface area contributed by atoms with Crippen molar-refractivity contribution >= 4 is 22.8 Å². The number of ketones is 1. The minimum Gasteiger partial charge on any atom is -0.434 e. The average Bonchev–Trinajstić information content (AvgIpc) is 2.83. The van der Waals surface area contributed by atoms with Crippen LogP contribution in [0, 0.1) is 0 Å². The zero-order valence-electron chi connectivity index (χ0n) is 9.10. The first kappa shape index (κ1) is 12.5. The van der Waals surface area contributed by atoms with E-state index in [0.717, 1.165) is 0 Å². The molecular formula is C12H9F2NO2S. The molecule has 0 unspecified atom stereocenters. The standard InChI is InChI=1S/C12H9F2NO2S/c13-12(14)17-9-4-3-7(15)6-8(9)11(16)10-2-1-5-18-10/h1-6,12H,15H2. The lowest BCUT2D eigenvalue weighted by Gasteiger charge is -2.09. The number of carbonyl (C=O) groups is 1. The molecule has 94 valence electrons. The Morgan fingerprint density at radius 1 is 1.33 bits per heavy atom. The Balaban J connectivity index is 2.41. The Morgan fingerprint density at radius 2 is 2.11 bits per heavy atom.